The van der Waals surface area contributed by atoms with Crippen molar-refractivity contribution in [1.29, 1.82) is 0 Å². The fourth-order valence-electron chi connectivity index (χ4n) is 5.50. The molecule has 1 aromatic heterocycles. The number of carboxylic acid groups (broad SMARTS) is 3. The molecule has 3 aliphatic heterocycles. The number of thiocarbonyl (C=S) groups is 1. The van der Waals surface area contributed by atoms with Crippen LogP contribution in [0.4, 0.5) is 5.69 Å². The molecule has 4 heterocycles. The van der Waals surface area contributed by atoms with Gasteiger partial charge >= 0.3 is 17.9 Å². The number of aromatic nitrogens is 2. The van der Waals surface area contributed by atoms with E-state index in [4.69, 9.17) is 26.4 Å². The second-order valence-electron chi connectivity index (χ2n) is 10.9. The average Bonchev–Trinajstić information content (AvgIpc) is 3.71. The molecule has 5 rings (SSSR count). The van der Waals surface area contributed by atoms with Gasteiger partial charge in [-0.05, 0) is 23.8 Å². The van der Waals surface area contributed by atoms with Crippen LogP contribution in [0.1, 0.15) is 33.6 Å². The molecular formula is C29H30N4O11S2. The van der Waals surface area contributed by atoms with Crippen LogP contribution in [0.2, 0.25) is 0 Å². The number of rotatable bonds is 11. The number of thioether (sulfide) groups is 1. The number of allylic oxidation sites excluding steroid dienone is 1. The third kappa shape index (κ3) is 6.19. The Morgan fingerprint density at radius 2 is 1.63 bits per heavy atom. The smallest absolute Gasteiger partial charge is 0.323 e. The van der Waals surface area contributed by atoms with E-state index >= 15 is 0 Å². The molecule has 1 unspecified atom stereocenters. The lowest BCUT2D eigenvalue weighted by Crippen LogP contribution is -2.37. The van der Waals surface area contributed by atoms with Crippen molar-refractivity contribution >= 4 is 68.3 Å². The normalized spacial score (nSPS) is 18.7. The molecular weight excluding hydrogens is 644 g/mol. The Morgan fingerprint density at radius 1 is 1.00 bits per heavy atom. The van der Waals surface area contributed by atoms with Gasteiger partial charge in [0.05, 0.1) is 5.69 Å². The van der Waals surface area contributed by atoms with Crippen molar-refractivity contribution in [3.8, 4) is 17.2 Å². The largest absolute Gasteiger partial charge is 0.480 e. The molecule has 3 aliphatic rings. The number of hydrogen-bond acceptors (Lipinski definition) is 11. The van der Waals surface area contributed by atoms with Gasteiger partial charge in [0.2, 0.25) is 12.7 Å². The van der Waals surface area contributed by atoms with Gasteiger partial charge in [0.25, 0.3) is 11.5 Å². The number of H-pyrrole nitrogens is 1. The fourth-order valence-corrected chi connectivity index (χ4v) is 6.79. The first-order valence-electron chi connectivity index (χ1n) is 14.2. The highest BCUT2D eigenvalue weighted by atomic mass is 32.2. The van der Waals surface area contributed by atoms with E-state index in [2.05, 4.69) is 4.98 Å². The van der Waals surface area contributed by atoms with Crippen molar-refractivity contribution in [3.63, 3.8) is 0 Å². The number of anilines is 1. The number of carboxylic acids is 3. The van der Waals surface area contributed by atoms with Crippen LogP contribution in [0, 0.1) is 11.8 Å². The molecule has 2 aromatic rings. The summed E-state index contributed by atoms with van der Waals surface area (Å²) in [5.41, 5.74) is -0.104. The molecule has 244 valence electrons. The van der Waals surface area contributed by atoms with E-state index in [9.17, 15) is 39.3 Å². The molecule has 1 saturated heterocycles. The maximum Gasteiger partial charge on any atom is 0.323 e. The highest BCUT2D eigenvalue weighted by Gasteiger charge is 2.36. The average molecular weight is 675 g/mol. The first-order chi connectivity index (χ1) is 21.8. The molecule has 4 N–H and O–H groups in total. The van der Waals surface area contributed by atoms with Gasteiger partial charge in [0, 0.05) is 18.2 Å². The van der Waals surface area contributed by atoms with Gasteiger partial charge in [0.1, 0.15) is 39.7 Å². The van der Waals surface area contributed by atoms with Crippen LogP contribution in [-0.4, -0.2) is 77.8 Å². The summed E-state index contributed by atoms with van der Waals surface area (Å²) in [6, 6.07) is 3.18. The van der Waals surface area contributed by atoms with Gasteiger partial charge < -0.3 is 34.5 Å². The Hall–Kier alpha value is -4.77. The highest BCUT2D eigenvalue weighted by Crippen LogP contribution is 2.48. The number of hydrogen-bond donors (Lipinski definition) is 4. The van der Waals surface area contributed by atoms with Crippen molar-refractivity contribution in [2.24, 2.45) is 11.8 Å². The van der Waals surface area contributed by atoms with Crippen molar-refractivity contribution in [2.75, 3.05) is 24.8 Å². The fraction of sp³-hybridized carbons (Fsp3) is 0.379. The molecule has 1 aromatic carbocycles. The maximum atomic E-state index is 14.1. The molecule has 1 fully saturated rings. The first kappa shape index (κ1) is 32.6. The Kier molecular flexibility index (Phi) is 9.16. The number of amides is 1. The third-order valence-electron chi connectivity index (χ3n) is 7.51. The summed E-state index contributed by atoms with van der Waals surface area (Å²) in [6.07, 6.45) is 2.85. The van der Waals surface area contributed by atoms with E-state index in [-0.39, 0.29) is 44.6 Å². The first-order valence-corrected chi connectivity index (χ1v) is 15.4. The van der Waals surface area contributed by atoms with Crippen molar-refractivity contribution in [2.45, 2.75) is 40.2 Å². The Morgan fingerprint density at radius 3 is 2.24 bits per heavy atom. The highest BCUT2D eigenvalue weighted by molar-refractivity contribution is 8.30. The molecule has 0 spiro atoms. The summed E-state index contributed by atoms with van der Waals surface area (Å²) in [4.78, 5) is 67.6. The predicted molar refractivity (Wildman–Crippen MR) is 168 cm³/mol. The predicted octanol–water partition coefficient (Wildman–Crippen LogP) is 1.09. The molecule has 0 radical (unpaired) electrons. The molecule has 0 aliphatic carbocycles. The van der Waals surface area contributed by atoms with E-state index < -0.39 is 49.0 Å². The second-order valence-corrected chi connectivity index (χ2v) is 12.6. The minimum absolute atomic E-state index is 0.00122. The van der Waals surface area contributed by atoms with Crippen LogP contribution in [0.3, 0.4) is 0 Å². The number of nitrogens with one attached hydrogen (secondary N) is 1. The summed E-state index contributed by atoms with van der Waals surface area (Å²) >= 11 is 5.97. The summed E-state index contributed by atoms with van der Waals surface area (Å²) in [7, 11) is 0. The number of imidazole rings is 1. The van der Waals surface area contributed by atoms with Crippen LogP contribution >= 0.6 is 24.0 Å². The molecule has 0 bridgehead atoms. The SMILES string of the molecule is CCCC(C(/C=C1\Oc2cc3c(cc2N1CC(=O)O)OCO3)=c1\[nH]/c(=C2\SC(=S)N(CC(=O)O)C2=O)n(CC(=O)O)c1=O)C(C)C. The lowest BCUT2D eigenvalue weighted by atomic mass is 9.84. The molecule has 0 saturated carbocycles. The minimum atomic E-state index is -1.36. The Balaban J connectivity index is 1.80. The minimum Gasteiger partial charge on any atom is -0.480 e. The number of ether oxygens (including phenoxy) is 3. The van der Waals surface area contributed by atoms with Crippen LogP contribution in [0.15, 0.2) is 28.9 Å². The van der Waals surface area contributed by atoms with Gasteiger partial charge in [-0.15, -0.1) is 0 Å². The van der Waals surface area contributed by atoms with E-state index in [1.165, 1.54) is 4.90 Å². The van der Waals surface area contributed by atoms with Gasteiger partial charge in [-0.25, -0.2) is 0 Å². The lowest BCUT2D eigenvalue weighted by molar-refractivity contribution is -0.140. The van der Waals surface area contributed by atoms with Gasteiger partial charge in [0.15, 0.2) is 17.2 Å². The maximum absolute atomic E-state index is 14.1. The van der Waals surface area contributed by atoms with Crippen molar-refractivity contribution < 1.29 is 48.7 Å². The zero-order chi connectivity index (χ0) is 33.4. The number of aromatic amines is 1. The zero-order valence-corrected chi connectivity index (χ0v) is 26.5. The number of fused-ring (bicyclic) bond motifs is 2. The van der Waals surface area contributed by atoms with Gasteiger partial charge in [-0.1, -0.05) is 51.2 Å². The molecule has 15 nitrogen and oxygen atoms in total. The number of nitrogens with zero attached hydrogens (tertiary/aromatic N) is 3. The molecule has 46 heavy (non-hydrogen) atoms. The number of carbonyl (C=O) groups excluding carboxylic acids is 1. The van der Waals surface area contributed by atoms with E-state index in [0.717, 1.165) is 21.2 Å². The van der Waals surface area contributed by atoms with Crippen LogP contribution in [0.5, 0.6) is 17.2 Å². The standard InChI is InChI=1S/C29H30N4O11S2/c1-4-5-14(13(2)3)15(6-20-31(9-21(34)35)16-7-18-19(43-12-42-18)8-17(16)44-20)24-27(40)32(10-22(36)37)26(30-24)25-28(41)33(11-23(38)39)29(45)46-25/h6-8,13-14,30H,4-5,9-12H2,1-3H3,(H,34,35)(H,36,37)(H,38,39)/b20-6-,24-15-,26-25+. The van der Waals surface area contributed by atoms with Gasteiger partial charge in [-0.2, -0.15) is 0 Å². The number of benzene rings is 1. The monoisotopic (exact) mass is 674 g/mol. The van der Waals surface area contributed by atoms with Crippen LogP contribution < -0.4 is 35.5 Å². The van der Waals surface area contributed by atoms with Gasteiger partial charge in [-0.3, -0.25) is 38.3 Å². The Bertz CT molecular complexity index is 1880. The van der Waals surface area contributed by atoms with E-state index in [0.29, 0.717) is 41.4 Å². The van der Waals surface area contributed by atoms with Crippen LogP contribution in [-0.2, 0) is 25.7 Å². The molecule has 1 atom stereocenters. The molecule has 17 heteroatoms. The zero-order valence-electron chi connectivity index (χ0n) is 24.9. The summed E-state index contributed by atoms with van der Waals surface area (Å²) in [5, 5.41) is 28.7. The van der Waals surface area contributed by atoms with E-state index in [1.54, 1.807) is 18.2 Å². The number of aliphatic carboxylic acids is 3. The third-order valence-corrected chi connectivity index (χ3v) is 8.95. The van der Waals surface area contributed by atoms with E-state index in [1.807, 2.05) is 20.8 Å². The summed E-state index contributed by atoms with van der Waals surface area (Å²) in [6.45, 7) is 3.85. The quantitative estimate of drug-likeness (QED) is 0.247. The second kappa shape index (κ2) is 12.9. The molecule has 1 amide bonds. The number of carbonyl (C=O) groups is 4. The summed E-state index contributed by atoms with van der Waals surface area (Å²) in [5.74, 6) is -3.76. The van der Waals surface area contributed by atoms with Crippen LogP contribution in [0.25, 0.3) is 10.5 Å². The topological polar surface area (TPSA) is 201 Å². The lowest BCUT2D eigenvalue weighted by Gasteiger charge is -2.23. The Labute approximate surface area is 270 Å². The van der Waals surface area contributed by atoms with Crippen molar-refractivity contribution in [3.05, 3.63) is 45.3 Å². The summed E-state index contributed by atoms with van der Waals surface area (Å²) < 4.78 is 17.9. The van der Waals surface area contributed by atoms with Crippen molar-refractivity contribution in [1.82, 2.24) is 14.5 Å².